The van der Waals surface area contributed by atoms with Gasteiger partial charge in [-0.3, -0.25) is 0 Å². The Morgan fingerprint density at radius 1 is 1.21 bits per heavy atom. The molecular weight excluding hydrogens is 168 g/mol. The normalized spacial score (nSPS) is 22.1. The number of hydrogen-bond donors (Lipinski definition) is 0. The molecule has 1 aromatic rings. The minimum Gasteiger partial charge on any atom is -0.102 e. The first-order chi connectivity index (χ1) is 6.85. The van der Waals surface area contributed by atoms with E-state index in [1.54, 1.807) is 0 Å². The van der Waals surface area contributed by atoms with E-state index >= 15 is 0 Å². The fourth-order valence-electron chi connectivity index (χ4n) is 1.84. The van der Waals surface area contributed by atoms with Crippen LogP contribution in [0.4, 0.5) is 0 Å². The van der Waals surface area contributed by atoms with Crippen LogP contribution in [0.1, 0.15) is 6.92 Å². The largest absolute Gasteiger partial charge is 0.102 e. The zero-order valence-electron chi connectivity index (χ0n) is 8.40. The van der Waals surface area contributed by atoms with E-state index in [9.17, 15) is 0 Å². The van der Waals surface area contributed by atoms with Gasteiger partial charge in [-0.05, 0) is 22.9 Å². The molecule has 0 saturated heterocycles. The second-order valence-electron chi connectivity index (χ2n) is 3.49. The summed E-state index contributed by atoms with van der Waals surface area (Å²) in [6.45, 7) is 5.94. The topological polar surface area (TPSA) is 0 Å². The minimum absolute atomic E-state index is 0.370. The van der Waals surface area contributed by atoms with E-state index in [1.165, 1.54) is 16.0 Å². The van der Waals surface area contributed by atoms with Crippen molar-refractivity contribution in [1.29, 1.82) is 0 Å². The van der Waals surface area contributed by atoms with Gasteiger partial charge in [0.1, 0.15) is 0 Å². The molecule has 1 aliphatic carbocycles. The third-order valence-electron chi connectivity index (χ3n) is 2.65. The molecule has 0 nitrogen and oxygen atoms in total. The quantitative estimate of drug-likeness (QED) is 0.583. The van der Waals surface area contributed by atoms with E-state index < -0.39 is 0 Å². The molecule has 0 amide bonds. The van der Waals surface area contributed by atoms with Gasteiger partial charge in [-0.15, -0.1) is 6.58 Å². The Bertz CT molecular complexity index is 489. The maximum Gasteiger partial charge on any atom is 0.0202 e. The molecule has 0 radical (unpaired) electrons. The minimum atomic E-state index is 0.370. The number of fused-ring (bicyclic) bond motifs is 1. The average molecular weight is 182 g/mol. The van der Waals surface area contributed by atoms with E-state index in [1.807, 2.05) is 6.08 Å². The van der Waals surface area contributed by atoms with Crippen LogP contribution >= 0.6 is 0 Å². The van der Waals surface area contributed by atoms with Crippen LogP contribution < -0.4 is 10.4 Å². The summed E-state index contributed by atoms with van der Waals surface area (Å²) in [4.78, 5) is 0. The lowest BCUT2D eigenvalue weighted by Gasteiger charge is -2.12. The van der Waals surface area contributed by atoms with Gasteiger partial charge in [0.05, 0.1) is 0 Å². The van der Waals surface area contributed by atoms with Gasteiger partial charge >= 0.3 is 0 Å². The second-order valence-corrected chi connectivity index (χ2v) is 3.49. The van der Waals surface area contributed by atoms with E-state index in [2.05, 4.69) is 56.0 Å². The zero-order chi connectivity index (χ0) is 9.97. The Balaban J connectivity index is 2.71. The van der Waals surface area contributed by atoms with Crippen LogP contribution in [0.5, 0.6) is 0 Å². The van der Waals surface area contributed by atoms with Crippen LogP contribution in [-0.4, -0.2) is 0 Å². The highest BCUT2D eigenvalue weighted by atomic mass is 14.1. The smallest absolute Gasteiger partial charge is 0.0202 e. The maximum absolute atomic E-state index is 3.86. The van der Waals surface area contributed by atoms with Crippen LogP contribution in [0, 0.1) is 5.92 Å². The summed E-state index contributed by atoms with van der Waals surface area (Å²) in [5.74, 6) is 0.370. The van der Waals surface area contributed by atoms with E-state index in [4.69, 9.17) is 0 Å². The summed E-state index contributed by atoms with van der Waals surface area (Å²) in [6.07, 6.45) is 8.64. The third kappa shape index (κ3) is 1.44. The van der Waals surface area contributed by atoms with Crippen molar-refractivity contribution in [2.45, 2.75) is 6.92 Å². The Morgan fingerprint density at radius 2 is 1.93 bits per heavy atom. The van der Waals surface area contributed by atoms with Gasteiger partial charge in [0.2, 0.25) is 0 Å². The highest BCUT2D eigenvalue weighted by molar-refractivity contribution is 5.60. The fourth-order valence-corrected chi connectivity index (χ4v) is 1.84. The first kappa shape index (κ1) is 9.01. The molecule has 0 N–H and O–H groups in total. The molecule has 0 heteroatoms. The first-order valence-electron chi connectivity index (χ1n) is 4.92. The Hall–Kier alpha value is -1.56. The molecule has 2 rings (SSSR count). The summed E-state index contributed by atoms with van der Waals surface area (Å²) < 4.78 is 0. The molecule has 0 heterocycles. The summed E-state index contributed by atoms with van der Waals surface area (Å²) in [5, 5.41) is 2.61. The fraction of sp³-hybridized carbons (Fsp3) is 0.143. The van der Waals surface area contributed by atoms with E-state index in [-0.39, 0.29) is 0 Å². The van der Waals surface area contributed by atoms with Gasteiger partial charge in [-0.2, -0.15) is 0 Å². The predicted molar refractivity (Wildman–Crippen MR) is 62.1 cm³/mol. The maximum atomic E-state index is 3.86. The lowest BCUT2D eigenvalue weighted by atomic mass is 9.92. The summed E-state index contributed by atoms with van der Waals surface area (Å²) in [7, 11) is 0. The van der Waals surface area contributed by atoms with Gasteiger partial charge in [0, 0.05) is 5.92 Å². The molecule has 0 spiro atoms. The molecule has 0 aromatic heterocycles. The van der Waals surface area contributed by atoms with Gasteiger partial charge in [0.15, 0.2) is 0 Å². The molecule has 70 valence electrons. The highest BCUT2D eigenvalue weighted by Gasteiger charge is 2.07. The predicted octanol–water partition coefficient (Wildman–Crippen LogP) is 2.01. The van der Waals surface area contributed by atoms with Crippen LogP contribution in [0.15, 0.2) is 48.6 Å². The standard InChI is InChI=1S/C14H14/c1-3-11-9-13-7-5-6-8-14(13)10-12(11)4-2/h3-11H,1H2,2H3/b12-4-. The van der Waals surface area contributed by atoms with Crippen molar-refractivity contribution in [3.63, 3.8) is 0 Å². The van der Waals surface area contributed by atoms with Crippen molar-refractivity contribution in [3.05, 3.63) is 59.0 Å². The van der Waals surface area contributed by atoms with Crippen molar-refractivity contribution in [2.24, 2.45) is 5.92 Å². The molecule has 1 aromatic carbocycles. The number of benzene rings is 1. The number of rotatable bonds is 1. The molecule has 0 saturated carbocycles. The van der Waals surface area contributed by atoms with E-state index in [0.29, 0.717) is 5.92 Å². The Morgan fingerprint density at radius 3 is 2.57 bits per heavy atom. The molecule has 1 aliphatic rings. The van der Waals surface area contributed by atoms with Crippen LogP contribution in [0.3, 0.4) is 0 Å². The molecule has 0 bridgehead atoms. The summed E-state index contributed by atoms with van der Waals surface area (Å²) in [5.41, 5.74) is 1.33. The van der Waals surface area contributed by atoms with Crippen molar-refractivity contribution < 1.29 is 0 Å². The Labute approximate surface area is 84.6 Å². The first-order valence-corrected chi connectivity index (χ1v) is 4.92. The van der Waals surface area contributed by atoms with Gasteiger partial charge in [0.25, 0.3) is 0 Å². The van der Waals surface area contributed by atoms with Crippen LogP contribution in [0.25, 0.3) is 12.2 Å². The van der Waals surface area contributed by atoms with Gasteiger partial charge < -0.3 is 0 Å². The van der Waals surface area contributed by atoms with Crippen molar-refractivity contribution >= 4 is 12.2 Å². The van der Waals surface area contributed by atoms with Crippen molar-refractivity contribution in [1.82, 2.24) is 0 Å². The SMILES string of the molecule is C=CC1C=c2ccccc2=C/C1=C/C. The summed E-state index contributed by atoms with van der Waals surface area (Å²) >= 11 is 0. The van der Waals surface area contributed by atoms with Crippen LogP contribution in [-0.2, 0) is 0 Å². The third-order valence-corrected chi connectivity index (χ3v) is 2.65. The lowest BCUT2D eigenvalue weighted by Crippen LogP contribution is -2.28. The zero-order valence-corrected chi connectivity index (χ0v) is 8.40. The number of allylic oxidation sites excluding steroid dienone is 3. The summed E-state index contributed by atoms with van der Waals surface area (Å²) in [6, 6.07) is 8.44. The molecule has 1 unspecified atom stereocenters. The number of hydrogen-bond acceptors (Lipinski definition) is 0. The van der Waals surface area contributed by atoms with E-state index in [0.717, 1.165) is 0 Å². The molecule has 14 heavy (non-hydrogen) atoms. The monoisotopic (exact) mass is 182 g/mol. The average Bonchev–Trinajstić information content (AvgIpc) is 2.27. The van der Waals surface area contributed by atoms with Gasteiger partial charge in [-0.1, -0.05) is 48.6 Å². The Kier molecular flexibility index (Phi) is 2.36. The van der Waals surface area contributed by atoms with Crippen molar-refractivity contribution in [2.75, 3.05) is 0 Å². The molecule has 0 aliphatic heterocycles. The second kappa shape index (κ2) is 3.67. The highest BCUT2D eigenvalue weighted by Crippen LogP contribution is 2.16. The van der Waals surface area contributed by atoms with Gasteiger partial charge in [-0.25, -0.2) is 0 Å². The molecule has 0 fully saturated rings. The molecule has 1 atom stereocenters. The van der Waals surface area contributed by atoms with Crippen molar-refractivity contribution in [3.8, 4) is 0 Å². The lowest BCUT2D eigenvalue weighted by molar-refractivity contribution is 1.06. The molecular formula is C14H14. The van der Waals surface area contributed by atoms with Crippen LogP contribution in [0.2, 0.25) is 0 Å².